The first kappa shape index (κ1) is 17.2. The standard InChI is InChI=1S/C18H17FN6O/c1-21-18(26)14-10-23-17(25-16-7-2-11(19)9-22-16)8-15(14)24-13-5-3-12(20)4-6-13/h2-10H,20H2,1H3,(H,21,26)(H2,22,23,24,25). The van der Waals surface area contributed by atoms with Crippen molar-refractivity contribution in [1.82, 2.24) is 15.3 Å². The highest BCUT2D eigenvalue weighted by Gasteiger charge is 2.13. The lowest BCUT2D eigenvalue weighted by atomic mass is 10.2. The number of hydrogen-bond donors (Lipinski definition) is 4. The molecule has 3 rings (SSSR count). The second-order valence-electron chi connectivity index (χ2n) is 5.43. The fourth-order valence-electron chi connectivity index (χ4n) is 2.25. The molecule has 0 unspecified atom stereocenters. The smallest absolute Gasteiger partial charge is 0.254 e. The molecule has 26 heavy (non-hydrogen) atoms. The summed E-state index contributed by atoms with van der Waals surface area (Å²) in [6.07, 6.45) is 2.55. The molecular formula is C18H17FN6O. The number of pyridine rings is 2. The van der Waals surface area contributed by atoms with Gasteiger partial charge in [-0.3, -0.25) is 4.79 Å². The molecule has 0 radical (unpaired) electrons. The number of nitrogens with two attached hydrogens (primary N) is 1. The monoisotopic (exact) mass is 352 g/mol. The largest absolute Gasteiger partial charge is 0.399 e. The van der Waals surface area contributed by atoms with Crippen molar-refractivity contribution >= 4 is 34.6 Å². The topological polar surface area (TPSA) is 105 Å². The minimum Gasteiger partial charge on any atom is -0.399 e. The Morgan fingerprint density at radius 3 is 2.38 bits per heavy atom. The lowest BCUT2D eigenvalue weighted by molar-refractivity contribution is 0.0963. The number of amides is 1. The van der Waals surface area contributed by atoms with Crippen molar-refractivity contribution < 1.29 is 9.18 Å². The molecule has 0 fully saturated rings. The number of hydrogen-bond acceptors (Lipinski definition) is 6. The van der Waals surface area contributed by atoms with Gasteiger partial charge in [-0.2, -0.15) is 0 Å². The Balaban J connectivity index is 1.91. The van der Waals surface area contributed by atoms with Crippen molar-refractivity contribution in [3.63, 3.8) is 0 Å². The second kappa shape index (κ2) is 7.47. The number of anilines is 5. The number of carbonyl (C=O) groups excluding carboxylic acids is 1. The van der Waals surface area contributed by atoms with E-state index in [9.17, 15) is 9.18 Å². The molecule has 0 atom stereocenters. The number of aromatic nitrogens is 2. The summed E-state index contributed by atoms with van der Waals surface area (Å²) in [6.45, 7) is 0. The molecule has 0 aliphatic heterocycles. The van der Waals surface area contributed by atoms with Crippen LogP contribution in [-0.4, -0.2) is 22.9 Å². The molecule has 3 aromatic rings. The van der Waals surface area contributed by atoms with E-state index in [0.29, 0.717) is 28.6 Å². The normalized spacial score (nSPS) is 10.2. The van der Waals surface area contributed by atoms with E-state index >= 15 is 0 Å². The number of halogens is 1. The van der Waals surface area contributed by atoms with Crippen LogP contribution < -0.4 is 21.7 Å². The number of benzene rings is 1. The highest BCUT2D eigenvalue weighted by Crippen LogP contribution is 2.25. The molecule has 7 nitrogen and oxygen atoms in total. The van der Waals surface area contributed by atoms with Gasteiger partial charge in [0.1, 0.15) is 17.5 Å². The van der Waals surface area contributed by atoms with Crippen molar-refractivity contribution in [2.45, 2.75) is 0 Å². The minimum absolute atomic E-state index is 0.276. The molecule has 8 heteroatoms. The zero-order valence-electron chi connectivity index (χ0n) is 14.0. The maximum atomic E-state index is 13.0. The number of carbonyl (C=O) groups is 1. The molecule has 2 heterocycles. The molecule has 0 saturated carbocycles. The first-order valence-corrected chi connectivity index (χ1v) is 7.78. The van der Waals surface area contributed by atoms with Crippen molar-refractivity contribution in [3.05, 3.63) is 66.2 Å². The quantitative estimate of drug-likeness (QED) is 0.526. The first-order chi connectivity index (χ1) is 12.5. The predicted molar refractivity (Wildman–Crippen MR) is 99.2 cm³/mol. The van der Waals surface area contributed by atoms with Gasteiger partial charge >= 0.3 is 0 Å². The highest BCUT2D eigenvalue weighted by molar-refractivity contribution is 6.00. The van der Waals surface area contributed by atoms with Crippen LogP contribution >= 0.6 is 0 Å². The third kappa shape index (κ3) is 4.04. The first-order valence-electron chi connectivity index (χ1n) is 7.78. The van der Waals surface area contributed by atoms with Gasteiger partial charge in [0.05, 0.1) is 17.4 Å². The Morgan fingerprint density at radius 1 is 1.00 bits per heavy atom. The van der Waals surface area contributed by atoms with Crippen LogP contribution in [0.1, 0.15) is 10.4 Å². The maximum Gasteiger partial charge on any atom is 0.254 e. The van der Waals surface area contributed by atoms with Crippen molar-refractivity contribution in [3.8, 4) is 0 Å². The van der Waals surface area contributed by atoms with Crippen molar-refractivity contribution in [1.29, 1.82) is 0 Å². The predicted octanol–water partition coefficient (Wildman–Crippen LogP) is 3.04. The summed E-state index contributed by atoms with van der Waals surface area (Å²) in [5.41, 5.74) is 8.03. The van der Waals surface area contributed by atoms with Gasteiger partial charge in [-0.25, -0.2) is 14.4 Å². The summed E-state index contributed by atoms with van der Waals surface area (Å²) in [5.74, 6) is 0.186. The molecule has 132 valence electrons. The molecule has 0 bridgehead atoms. The average Bonchev–Trinajstić information content (AvgIpc) is 2.65. The summed E-state index contributed by atoms with van der Waals surface area (Å²) in [7, 11) is 1.55. The summed E-state index contributed by atoms with van der Waals surface area (Å²) < 4.78 is 13.0. The average molecular weight is 352 g/mol. The fourth-order valence-corrected chi connectivity index (χ4v) is 2.25. The molecular weight excluding hydrogens is 335 g/mol. The van der Waals surface area contributed by atoms with Gasteiger partial charge < -0.3 is 21.7 Å². The molecule has 0 saturated heterocycles. The van der Waals surface area contributed by atoms with Gasteiger partial charge in [-0.15, -0.1) is 0 Å². The SMILES string of the molecule is CNC(=O)c1cnc(Nc2ccc(F)cn2)cc1Nc1ccc(N)cc1. The Hall–Kier alpha value is -3.68. The van der Waals surface area contributed by atoms with Gasteiger partial charge in [0.2, 0.25) is 0 Å². The summed E-state index contributed by atoms with van der Waals surface area (Å²) in [6, 6.07) is 11.6. The molecule has 0 aliphatic rings. The second-order valence-corrected chi connectivity index (χ2v) is 5.43. The van der Waals surface area contributed by atoms with E-state index in [1.54, 1.807) is 37.4 Å². The zero-order valence-corrected chi connectivity index (χ0v) is 14.0. The lowest BCUT2D eigenvalue weighted by Gasteiger charge is -2.13. The third-order valence-corrected chi connectivity index (χ3v) is 3.55. The third-order valence-electron chi connectivity index (χ3n) is 3.55. The zero-order chi connectivity index (χ0) is 18.5. The van der Waals surface area contributed by atoms with E-state index in [0.717, 1.165) is 11.9 Å². The van der Waals surface area contributed by atoms with Gasteiger partial charge in [-0.05, 0) is 36.4 Å². The van der Waals surface area contributed by atoms with Crippen molar-refractivity contribution in [2.75, 3.05) is 23.4 Å². The van der Waals surface area contributed by atoms with E-state index in [2.05, 4.69) is 25.9 Å². The van der Waals surface area contributed by atoms with Crippen LogP contribution in [0.25, 0.3) is 0 Å². The van der Waals surface area contributed by atoms with E-state index in [1.807, 2.05) is 0 Å². The van der Waals surface area contributed by atoms with Crippen LogP contribution in [0.3, 0.4) is 0 Å². The Labute approximate surface area is 149 Å². The van der Waals surface area contributed by atoms with Crippen LogP contribution in [0.4, 0.5) is 33.1 Å². The highest BCUT2D eigenvalue weighted by atomic mass is 19.1. The Morgan fingerprint density at radius 2 is 1.73 bits per heavy atom. The van der Waals surface area contributed by atoms with Crippen LogP contribution in [-0.2, 0) is 0 Å². The fraction of sp³-hybridized carbons (Fsp3) is 0.0556. The maximum absolute atomic E-state index is 13.0. The number of nitrogens with zero attached hydrogens (tertiary/aromatic N) is 2. The summed E-state index contributed by atoms with van der Waals surface area (Å²) in [4.78, 5) is 20.2. The van der Waals surface area contributed by atoms with Crippen LogP contribution in [0.5, 0.6) is 0 Å². The Bertz CT molecular complexity index is 912. The van der Waals surface area contributed by atoms with E-state index in [1.165, 1.54) is 18.3 Å². The molecule has 1 amide bonds. The number of nitrogens with one attached hydrogen (secondary N) is 3. The van der Waals surface area contributed by atoms with Crippen LogP contribution in [0.2, 0.25) is 0 Å². The number of nitrogen functional groups attached to an aromatic ring is 1. The molecule has 2 aromatic heterocycles. The summed E-state index contributed by atoms with van der Waals surface area (Å²) in [5, 5.41) is 8.72. The van der Waals surface area contributed by atoms with Gasteiger partial charge in [0.15, 0.2) is 0 Å². The van der Waals surface area contributed by atoms with Gasteiger partial charge in [0.25, 0.3) is 5.91 Å². The minimum atomic E-state index is -0.427. The van der Waals surface area contributed by atoms with Crippen molar-refractivity contribution in [2.24, 2.45) is 0 Å². The Kier molecular flexibility index (Phi) is 4.93. The molecule has 0 aliphatic carbocycles. The summed E-state index contributed by atoms with van der Waals surface area (Å²) >= 11 is 0. The lowest BCUT2D eigenvalue weighted by Crippen LogP contribution is -2.19. The molecule has 5 N–H and O–H groups in total. The van der Waals surface area contributed by atoms with Gasteiger partial charge in [-0.1, -0.05) is 0 Å². The van der Waals surface area contributed by atoms with Gasteiger partial charge in [0, 0.05) is 30.7 Å². The van der Waals surface area contributed by atoms with E-state index in [-0.39, 0.29) is 5.91 Å². The van der Waals surface area contributed by atoms with Crippen LogP contribution in [0, 0.1) is 5.82 Å². The van der Waals surface area contributed by atoms with E-state index in [4.69, 9.17) is 5.73 Å². The molecule has 1 aromatic carbocycles. The number of rotatable bonds is 5. The molecule has 0 spiro atoms. The van der Waals surface area contributed by atoms with Crippen LogP contribution in [0.15, 0.2) is 54.9 Å². The van der Waals surface area contributed by atoms with E-state index < -0.39 is 5.82 Å².